The van der Waals surface area contributed by atoms with Crippen LogP contribution in [0.5, 0.6) is 0 Å². The van der Waals surface area contributed by atoms with E-state index in [1.54, 1.807) is 12.3 Å². The van der Waals surface area contributed by atoms with Gasteiger partial charge in [-0.1, -0.05) is 31.5 Å². The molecule has 0 saturated heterocycles. The number of carbonyl (C=O) groups is 1. The molecule has 1 aromatic rings. The van der Waals surface area contributed by atoms with Crippen molar-refractivity contribution in [1.82, 2.24) is 5.43 Å². The summed E-state index contributed by atoms with van der Waals surface area (Å²) in [5.41, 5.74) is 4.14. The van der Waals surface area contributed by atoms with Crippen LogP contribution >= 0.6 is 0 Å². The largest absolute Gasteiger partial charge is 0.271 e. The molecule has 0 fully saturated rings. The Morgan fingerprint density at radius 1 is 1.47 bits per heavy atom. The summed E-state index contributed by atoms with van der Waals surface area (Å²) < 4.78 is 0. The molecule has 0 aromatic heterocycles. The quantitative estimate of drug-likeness (QED) is 0.594. The van der Waals surface area contributed by atoms with E-state index in [0.717, 1.165) is 18.4 Å². The number of benzene rings is 1. The molecule has 0 aliphatic carbocycles. The van der Waals surface area contributed by atoms with E-state index in [2.05, 4.69) is 17.5 Å². The van der Waals surface area contributed by atoms with Crippen molar-refractivity contribution in [2.45, 2.75) is 26.7 Å². The summed E-state index contributed by atoms with van der Waals surface area (Å²) in [6, 6.07) is 7.45. The first-order chi connectivity index (χ1) is 7.25. The molecule has 0 radical (unpaired) electrons. The SMILES string of the molecule is CCC/C=N\NC(=O)c1ccccc1C. The zero-order valence-corrected chi connectivity index (χ0v) is 9.16. The number of amides is 1. The third-order valence-corrected chi connectivity index (χ3v) is 2.06. The molecule has 0 aliphatic heterocycles. The van der Waals surface area contributed by atoms with Crippen molar-refractivity contribution in [3.8, 4) is 0 Å². The van der Waals surface area contributed by atoms with Gasteiger partial charge in [0, 0.05) is 11.8 Å². The van der Waals surface area contributed by atoms with Crippen LogP contribution in [-0.2, 0) is 0 Å². The maximum Gasteiger partial charge on any atom is 0.271 e. The standard InChI is InChI=1S/C12H16N2O/c1-3-4-9-13-14-12(15)11-8-6-5-7-10(11)2/h5-9H,3-4H2,1-2H3,(H,14,15)/b13-9-. The summed E-state index contributed by atoms with van der Waals surface area (Å²) in [4.78, 5) is 11.6. The van der Waals surface area contributed by atoms with Gasteiger partial charge >= 0.3 is 0 Å². The maximum absolute atomic E-state index is 11.6. The van der Waals surface area contributed by atoms with Gasteiger partial charge in [0.15, 0.2) is 0 Å². The van der Waals surface area contributed by atoms with E-state index >= 15 is 0 Å². The van der Waals surface area contributed by atoms with Gasteiger partial charge in [0.05, 0.1) is 0 Å². The Morgan fingerprint density at radius 3 is 2.87 bits per heavy atom. The molecule has 80 valence electrons. The average Bonchev–Trinajstić information content (AvgIpc) is 2.25. The Morgan fingerprint density at radius 2 is 2.20 bits per heavy atom. The number of hydrogen-bond acceptors (Lipinski definition) is 2. The zero-order valence-electron chi connectivity index (χ0n) is 9.16. The lowest BCUT2D eigenvalue weighted by molar-refractivity contribution is 0.0954. The molecule has 0 spiro atoms. The monoisotopic (exact) mass is 204 g/mol. The highest BCUT2D eigenvalue weighted by molar-refractivity contribution is 5.95. The fourth-order valence-corrected chi connectivity index (χ4v) is 1.19. The molecule has 1 amide bonds. The van der Waals surface area contributed by atoms with Gasteiger partial charge in [-0.2, -0.15) is 5.10 Å². The number of nitrogens with one attached hydrogen (secondary N) is 1. The first kappa shape index (κ1) is 11.4. The summed E-state index contributed by atoms with van der Waals surface area (Å²) in [6.45, 7) is 3.97. The number of hydrogen-bond donors (Lipinski definition) is 1. The highest BCUT2D eigenvalue weighted by Crippen LogP contribution is 2.06. The molecule has 15 heavy (non-hydrogen) atoms. The highest BCUT2D eigenvalue weighted by Gasteiger charge is 2.05. The predicted molar refractivity (Wildman–Crippen MR) is 62.0 cm³/mol. The Kier molecular flexibility index (Phi) is 4.54. The fourth-order valence-electron chi connectivity index (χ4n) is 1.19. The van der Waals surface area contributed by atoms with Crippen molar-refractivity contribution in [3.63, 3.8) is 0 Å². The maximum atomic E-state index is 11.6. The van der Waals surface area contributed by atoms with E-state index in [4.69, 9.17) is 0 Å². The van der Waals surface area contributed by atoms with E-state index in [0.29, 0.717) is 5.56 Å². The zero-order chi connectivity index (χ0) is 11.1. The van der Waals surface area contributed by atoms with Crippen molar-refractivity contribution in [1.29, 1.82) is 0 Å². The molecule has 1 N–H and O–H groups in total. The van der Waals surface area contributed by atoms with Crippen molar-refractivity contribution in [3.05, 3.63) is 35.4 Å². The number of unbranched alkanes of at least 4 members (excludes halogenated alkanes) is 1. The second-order valence-electron chi connectivity index (χ2n) is 3.36. The smallest absolute Gasteiger partial charge is 0.267 e. The highest BCUT2D eigenvalue weighted by atomic mass is 16.2. The normalized spacial score (nSPS) is 10.5. The third kappa shape index (κ3) is 3.54. The minimum atomic E-state index is -0.152. The molecule has 0 saturated carbocycles. The molecular formula is C12H16N2O. The molecular weight excluding hydrogens is 188 g/mol. The molecule has 1 aromatic carbocycles. The van der Waals surface area contributed by atoms with Gasteiger partial charge in [-0.25, -0.2) is 5.43 Å². The topological polar surface area (TPSA) is 41.5 Å². The molecule has 1 rings (SSSR count). The van der Waals surface area contributed by atoms with Crippen LogP contribution in [0, 0.1) is 6.92 Å². The number of hydrazone groups is 1. The summed E-state index contributed by atoms with van der Waals surface area (Å²) in [6.07, 6.45) is 3.63. The van der Waals surface area contributed by atoms with Crippen molar-refractivity contribution in [2.24, 2.45) is 5.10 Å². The Hall–Kier alpha value is -1.64. The van der Waals surface area contributed by atoms with Gasteiger partial charge < -0.3 is 0 Å². The Bertz CT molecular complexity index is 358. The van der Waals surface area contributed by atoms with E-state index in [1.165, 1.54) is 0 Å². The lowest BCUT2D eigenvalue weighted by Gasteiger charge is -2.02. The number of rotatable bonds is 4. The Labute approximate surface area is 90.2 Å². The predicted octanol–water partition coefficient (Wildman–Crippen LogP) is 2.51. The van der Waals surface area contributed by atoms with E-state index in [9.17, 15) is 4.79 Å². The average molecular weight is 204 g/mol. The number of aryl methyl sites for hydroxylation is 1. The van der Waals surface area contributed by atoms with Crippen LogP contribution < -0.4 is 5.43 Å². The lowest BCUT2D eigenvalue weighted by Crippen LogP contribution is -2.18. The van der Waals surface area contributed by atoms with E-state index in [1.807, 2.05) is 25.1 Å². The Balaban J connectivity index is 2.58. The van der Waals surface area contributed by atoms with Crippen LogP contribution in [0.3, 0.4) is 0 Å². The first-order valence-corrected chi connectivity index (χ1v) is 5.13. The lowest BCUT2D eigenvalue weighted by atomic mass is 10.1. The van der Waals surface area contributed by atoms with Crippen molar-refractivity contribution in [2.75, 3.05) is 0 Å². The first-order valence-electron chi connectivity index (χ1n) is 5.13. The van der Waals surface area contributed by atoms with Crippen LogP contribution in [-0.4, -0.2) is 12.1 Å². The van der Waals surface area contributed by atoms with Crippen molar-refractivity contribution < 1.29 is 4.79 Å². The summed E-state index contributed by atoms with van der Waals surface area (Å²) in [5.74, 6) is -0.152. The molecule has 0 heterocycles. The van der Waals surface area contributed by atoms with Gasteiger partial charge in [0.2, 0.25) is 0 Å². The van der Waals surface area contributed by atoms with E-state index in [-0.39, 0.29) is 5.91 Å². The third-order valence-electron chi connectivity index (χ3n) is 2.06. The molecule has 0 atom stereocenters. The van der Waals surface area contributed by atoms with Gasteiger partial charge in [-0.15, -0.1) is 0 Å². The van der Waals surface area contributed by atoms with Crippen LogP contribution in [0.1, 0.15) is 35.7 Å². The minimum absolute atomic E-state index is 0.152. The second kappa shape index (κ2) is 5.96. The van der Waals surface area contributed by atoms with Crippen LogP contribution in [0.15, 0.2) is 29.4 Å². The fraction of sp³-hybridized carbons (Fsp3) is 0.333. The molecule has 3 heteroatoms. The van der Waals surface area contributed by atoms with Crippen molar-refractivity contribution >= 4 is 12.1 Å². The van der Waals surface area contributed by atoms with Crippen LogP contribution in [0.25, 0.3) is 0 Å². The van der Waals surface area contributed by atoms with Gasteiger partial charge in [-0.3, -0.25) is 4.79 Å². The van der Waals surface area contributed by atoms with Gasteiger partial charge in [-0.05, 0) is 25.0 Å². The second-order valence-corrected chi connectivity index (χ2v) is 3.36. The molecule has 3 nitrogen and oxygen atoms in total. The van der Waals surface area contributed by atoms with Gasteiger partial charge in [0.25, 0.3) is 5.91 Å². The number of nitrogens with zero attached hydrogens (tertiary/aromatic N) is 1. The van der Waals surface area contributed by atoms with E-state index < -0.39 is 0 Å². The summed E-state index contributed by atoms with van der Waals surface area (Å²) in [7, 11) is 0. The van der Waals surface area contributed by atoms with Crippen LogP contribution in [0.2, 0.25) is 0 Å². The summed E-state index contributed by atoms with van der Waals surface area (Å²) in [5, 5.41) is 3.85. The minimum Gasteiger partial charge on any atom is -0.267 e. The van der Waals surface area contributed by atoms with Gasteiger partial charge in [0.1, 0.15) is 0 Å². The molecule has 0 unspecified atom stereocenters. The van der Waals surface area contributed by atoms with Crippen LogP contribution in [0.4, 0.5) is 0 Å². The molecule has 0 aliphatic rings. The molecule has 0 bridgehead atoms. The number of carbonyl (C=O) groups excluding carboxylic acids is 1. The summed E-state index contributed by atoms with van der Waals surface area (Å²) >= 11 is 0.